The van der Waals surface area contributed by atoms with Gasteiger partial charge >= 0.3 is 0 Å². The molecule has 8 heavy (non-hydrogen) atoms. The lowest BCUT2D eigenvalue weighted by Crippen LogP contribution is -2.07. The van der Waals surface area contributed by atoms with Crippen molar-refractivity contribution in [3.05, 3.63) is 22.4 Å². The summed E-state index contributed by atoms with van der Waals surface area (Å²) in [6.45, 7) is 0. The Hall–Kier alpha value is -0.830. The summed E-state index contributed by atoms with van der Waals surface area (Å²) < 4.78 is 0. The number of amides is 1. The van der Waals surface area contributed by atoms with Crippen LogP contribution in [0.2, 0.25) is 0 Å². The zero-order valence-corrected chi connectivity index (χ0v) is 4.94. The Balaban J connectivity index is 2.93. The molecular weight excluding hydrogens is 122 g/mol. The SMILES string of the molecule is N[12C](=O)c1cccs1. The summed E-state index contributed by atoms with van der Waals surface area (Å²) in [6, 6.07) is 3.50. The van der Waals surface area contributed by atoms with Crippen molar-refractivity contribution in [3.63, 3.8) is 0 Å². The van der Waals surface area contributed by atoms with Crippen LogP contribution in [0.5, 0.6) is 0 Å². The molecule has 0 radical (unpaired) electrons. The lowest BCUT2D eigenvalue weighted by Gasteiger charge is -1.80. The molecule has 0 aliphatic heterocycles. The van der Waals surface area contributed by atoms with E-state index in [0.717, 1.165) is 0 Å². The van der Waals surface area contributed by atoms with Crippen molar-refractivity contribution in [3.8, 4) is 0 Å². The van der Waals surface area contributed by atoms with E-state index >= 15 is 0 Å². The fraction of sp³-hybridized carbons (Fsp3) is 0. The Bertz CT molecular complexity index is 180. The highest BCUT2D eigenvalue weighted by molar-refractivity contribution is 7.12. The number of carbonyl (C=O) groups is 1. The minimum atomic E-state index is -0.347. The molecule has 0 atom stereocenters. The van der Waals surface area contributed by atoms with E-state index in [-0.39, 0.29) is 5.91 Å². The topological polar surface area (TPSA) is 43.1 Å². The third-order valence-corrected chi connectivity index (χ3v) is 1.65. The van der Waals surface area contributed by atoms with Crippen molar-refractivity contribution in [2.24, 2.45) is 5.73 Å². The Morgan fingerprint density at radius 2 is 2.50 bits per heavy atom. The smallest absolute Gasteiger partial charge is 0.258 e. The third-order valence-electron chi connectivity index (χ3n) is 0.764. The van der Waals surface area contributed by atoms with Crippen LogP contribution in [-0.2, 0) is 0 Å². The van der Waals surface area contributed by atoms with E-state index < -0.39 is 0 Å². The van der Waals surface area contributed by atoms with Crippen LogP contribution in [0.1, 0.15) is 9.67 Å². The van der Waals surface area contributed by atoms with Gasteiger partial charge in [0.15, 0.2) is 0 Å². The van der Waals surface area contributed by atoms with Crippen molar-refractivity contribution in [1.82, 2.24) is 0 Å². The maximum Gasteiger partial charge on any atom is 0.258 e. The largest absolute Gasteiger partial charge is 0.365 e. The first-order chi connectivity index (χ1) is 3.80. The molecule has 0 saturated carbocycles. The number of primary amides is 1. The molecule has 1 rings (SSSR count). The number of hydrogen-bond donors (Lipinski definition) is 1. The molecule has 1 aromatic heterocycles. The van der Waals surface area contributed by atoms with Gasteiger partial charge in [0.25, 0.3) is 5.91 Å². The van der Waals surface area contributed by atoms with Crippen LogP contribution >= 0.6 is 11.3 Å². The molecule has 1 heterocycles. The molecule has 0 unspecified atom stereocenters. The third kappa shape index (κ3) is 0.869. The van der Waals surface area contributed by atoms with E-state index in [1.807, 2.05) is 5.38 Å². The van der Waals surface area contributed by atoms with E-state index in [4.69, 9.17) is 5.73 Å². The Labute approximate surface area is 50.9 Å². The molecule has 1 amide bonds. The van der Waals surface area contributed by atoms with Gasteiger partial charge in [0, 0.05) is 0 Å². The average molecular weight is 127 g/mol. The van der Waals surface area contributed by atoms with Gasteiger partial charge in [-0.1, -0.05) is 6.07 Å². The van der Waals surface area contributed by atoms with Crippen molar-refractivity contribution in [1.29, 1.82) is 0 Å². The lowest BCUT2D eigenvalue weighted by atomic mass is 10.5. The van der Waals surface area contributed by atoms with Crippen LogP contribution in [0, 0.1) is 0 Å². The van der Waals surface area contributed by atoms with Crippen molar-refractivity contribution in [2.45, 2.75) is 0 Å². The second-order valence-electron chi connectivity index (χ2n) is 1.34. The fourth-order valence-electron chi connectivity index (χ4n) is 0.419. The number of thiophene rings is 1. The van der Waals surface area contributed by atoms with E-state index in [9.17, 15) is 4.79 Å². The molecule has 0 fully saturated rings. The number of rotatable bonds is 1. The summed E-state index contributed by atoms with van der Waals surface area (Å²) in [7, 11) is 0. The van der Waals surface area contributed by atoms with Crippen LogP contribution in [0.4, 0.5) is 0 Å². The van der Waals surface area contributed by atoms with Crippen molar-refractivity contribution < 1.29 is 4.79 Å². The normalized spacial score (nSPS) is 9.00. The number of nitrogens with two attached hydrogens (primary N) is 1. The van der Waals surface area contributed by atoms with Gasteiger partial charge in [-0.3, -0.25) is 4.79 Å². The molecule has 0 spiro atoms. The Morgan fingerprint density at radius 1 is 1.75 bits per heavy atom. The first kappa shape index (κ1) is 5.31. The maximum atomic E-state index is 10.3. The summed E-state index contributed by atoms with van der Waals surface area (Å²) >= 11 is 1.36. The zero-order valence-electron chi connectivity index (χ0n) is 4.13. The van der Waals surface area contributed by atoms with Gasteiger partial charge in [-0.25, -0.2) is 0 Å². The van der Waals surface area contributed by atoms with Crippen LogP contribution in [-0.4, -0.2) is 5.91 Å². The molecule has 0 aromatic carbocycles. The molecular formula is C5H5NOS. The van der Waals surface area contributed by atoms with Crippen LogP contribution in [0.3, 0.4) is 0 Å². The monoisotopic (exact) mass is 127 g/mol. The van der Waals surface area contributed by atoms with E-state index in [1.54, 1.807) is 12.1 Å². The molecule has 2 nitrogen and oxygen atoms in total. The van der Waals surface area contributed by atoms with E-state index in [0.29, 0.717) is 4.88 Å². The van der Waals surface area contributed by atoms with Crippen LogP contribution < -0.4 is 5.73 Å². The molecule has 0 bridgehead atoms. The number of carbonyl (C=O) groups excluding carboxylic acids is 1. The lowest BCUT2D eigenvalue weighted by molar-refractivity contribution is 0.100. The molecule has 2 N–H and O–H groups in total. The second-order valence-corrected chi connectivity index (χ2v) is 2.29. The van der Waals surface area contributed by atoms with Gasteiger partial charge < -0.3 is 5.73 Å². The predicted octanol–water partition coefficient (Wildman–Crippen LogP) is 0.847. The highest BCUT2D eigenvalue weighted by Gasteiger charge is 1.96. The summed E-state index contributed by atoms with van der Waals surface area (Å²) in [6.07, 6.45) is 0. The average Bonchev–Trinajstić information content (AvgIpc) is 2.12. The standard InChI is InChI=1S/C5H5NOS/c6-5(7)4-2-1-3-8-4/h1-3H,(H2,6,7)/i5+0. The Morgan fingerprint density at radius 3 is 2.75 bits per heavy atom. The fourth-order valence-corrected chi connectivity index (χ4v) is 0.996. The second kappa shape index (κ2) is 1.96. The van der Waals surface area contributed by atoms with E-state index in [1.165, 1.54) is 11.3 Å². The van der Waals surface area contributed by atoms with Gasteiger partial charge in [-0.2, -0.15) is 0 Å². The molecule has 3 heteroatoms. The summed E-state index contributed by atoms with van der Waals surface area (Å²) in [5.74, 6) is -0.347. The summed E-state index contributed by atoms with van der Waals surface area (Å²) in [5, 5.41) is 1.82. The van der Waals surface area contributed by atoms with Gasteiger partial charge in [-0.15, -0.1) is 11.3 Å². The van der Waals surface area contributed by atoms with Crippen LogP contribution in [0.15, 0.2) is 17.5 Å². The maximum absolute atomic E-state index is 10.3. The first-order valence-corrected chi connectivity index (χ1v) is 3.02. The van der Waals surface area contributed by atoms with Gasteiger partial charge in [-0.05, 0) is 11.4 Å². The van der Waals surface area contributed by atoms with Gasteiger partial charge in [0.05, 0.1) is 4.88 Å². The van der Waals surface area contributed by atoms with Crippen molar-refractivity contribution in [2.75, 3.05) is 0 Å². The first-order valence-electron chi connectivity index (χ1n) is 2.14. The van der Waals surface area contributed by atoms with Gasteiger partial charge in [0.1, 0.15) is 0 Å². The van der Waals surface area contributed by atoms with E-state index in [2.05, 4.69) is 0 Å². The summed E-state index contributed by atoms with van der Waals surface area (Å²) in [5.41, 5.74) is 4.93. The van der Waals surface area contributed by atoms with Crippen LogP contribution in [0.25, 0.3) is 0 Å². The van der Waals surface area contributed by atoms with Gasteiger partial charge in [0.2, 0.25) is 0 Å². The Kier molecular flexibility index (Phi) is 1.30. The number of hydrogen-bond acceptors (Lipinski definition) is 2. The highest BCUT2D eigenvalue weighted by Crippen LogP contribution is 2.05. The molecule has 0 saturated heterocycles. The molecule has 0 aliphatic rings. The quantitative estimate of drug-likeness (QED) is 0.597. The predicted molar refractivity (Wildman–Crippen MR) is 32.8 cm³/mol. The molecule has 1 aromatic rings. The zero-order chi connectivity index (χ0) is 5.98. The van der Waals surface area contributed by atoms with Crippen molar-refractivity contribution >= 4 is 17.2 Å². The molecule has 0 aliphatic carbocycles. The molecule has 42 valence electrons. The highest BCUT2D eigenvalue weighted by atomic mass is 32.1. The summed E-state index contributed by atoms with van der Waals surface area (Å²) in [4.78, 5) is 10.9. The minimum absolute atomic E-state index is 0.347. The minimum Gasteiger partial charge on any atom is -0.365 e.